The van der Waals surface area contributed by atoms with Gasteiger partial charge >= 0.3 is 0 Å². The second-order valence-corrected chi connectivity index (χ2v) is 14.7. The number of nitrogens with zero attached hydrogens (tertiary/aromatic N) is 4. The Kier molecular flexibility index (Phi) is 11.3. The number of hydrogen-bond donors (Lipinski definition) is 1. The highest BCUT2D eigenvalue weighted by atomic mass is 79.9. The van der Waals surface area contributed by atoms with Crippen molar-refractivity contribution in [2.75, 3.05) is 77.1 Å². The van der Waals surface area contributed by atoms with Gasteiger partial charge in [-0.3, -0.25) is 19.3 Å². The summed E-state index contributed by atoms with van der Waals surface area (Å²) in [5.74, 6) is -0.999. The van der Waals surface area contributed by atoms with E-state index in [4.69, 9.17) is 9.47 Å². The summed E-state index contributed by atoms with van der Waals surface area (Å²) in [6, 6.07) is 6.64. The van der Waals surface area contributed by atoms with Crippen LogP contribution in [0.2, 0.25) is 0 Å². The molecule has 0 aliphatic carbocycles. The van der Waals surface area contributed by atoms with E-state index >= 15 is 0 Å². The lowest BCUT2D eigenvalue weighted by atomic mass is 9.70. The van der Waals surface area contributed by atoms with Crippen LogP contribution in [0.4, 0.5) is 5.69 Å². The first-order valence-corrected chi connectivity index (χ1v) is 17.7. The number of ether oxygens (including phenoxy) is 2. The number of alkyl halides is 1. The molecule has 12 heteroatoms. The Morgan fingerprint density at radius 3 is 2.51 bits per heavy atom. The van der Waals surface area contributed by atoms with Crippen molar-refractivity contribution in [3.05, 3.63) is 49.6 Å². The molecule has 3 amide bonds. The van der Waals surface area contributed by atoms with Crippen molar-refractivity contribution in [3.63, 3.8) is 0 Å². The highest BCUT2D eigenvalue weighted by Crippen LogP contribution is 2.68. The zero-order valence-electron chi connectivity index (χ0n) is 26.0. The van der Waals surface area contributed by atoms with Crippen molar-refractivity contribution < 1.29 is 29.0 Å². The molecule has 246 valence electrons. The quantitative estimate of drug-likeness (QED) is 0.220. The van der Waals surface area contributed by atoms with Crippen LogP contribution in [0.5, 0.6) is 5.75 Å². The number of amides is 3. The highest BCUT2D eigenvalue weighted by molar-refractivity contribution is 9.09. The Morgan fingerprint density at radius 1 is 1.16 bits per heavy atom. The maximum atomic E-state index is 14.6. The predicted molar refractivity (Wildman–Crippen MR) is 180 cm³/mol. The van der Waals surface area contributed by atoms with E-state index in [1.165, 1.54) is 0 Å². The average Bonchev–Trinajstić information content (AvgIpc) is 3.64. The second kappa shape index (κ2) is 15.0. The lowest BCUT2D eigenvalue weighted by Crippen LogP contribution is -2.57. The van der Waals surface area contributed by atoms with Gasteiger partial charge in [0.05, 0.1) is 36.4 Å². The minimum Gasteiger partial charge on any atom is -0.494 e. The van der Waals surface area contributed by atoms with Gasteiger partial charge < -0.3 is 29.3 Å². The summed E-state index contributed by atoms with van der Waals surface area (Å²) in [6.45, 7) is 15.2. The fourth-order valence-electron chi connectivity index (χ4n) is 7.40. The maximum Gasteiger partial charge on any atom is 0.247 e. The number of benzene rings is 1. The molecule has 45 heavy (non-hydrogen) atoms. The van der Waals surface area contributed by atoms with Crippen LogP contribution >= 0.6 is 27.7 Å². The van der Waals surface area contributed by atoms with Gasteiger partial charge in [-0.1, -0.05) is 28.1 Å². The molecule has 4 saturated heterocycles. The van der Waals surface area contributed by atoms with Crippen molar-refractivity contribution >= 4 is 51.1 Å². The number of anilines is 1. The van der Waals surface area contributed by atoms with Gasteiger partial charge in [0.1, 0.15) is 11.8 Å². The summed E-state index contributed by atoms with van der Waals surface area (Å²) in [5, 5.41) is 9.56. The monoisotopic (exact) mass is 704 g/mol. The smallest absolute Gasteiger partial charge is 0.247 e. The average molecular weight is 706 g/mol. The van der Waals surface area contributed by atoms with Gasteiger partial charge in [0.2, 0.25) is 17.7 Å². The van der Waals surface area contributed by atoms with Crippen molar-refractivity contribution in [3.8, 4) is 5.75 Å². The molecule has 4 aliphatic rings. The minimum absolute atomic E-state index is 0.0410. The number of aliphatic hydroxyl groups is 1. The third-order valence-electron chi connectivity index (χ3n) is 9.35. The van der Waals surface area contributed by atoms with E-state index in [2.05, 4.69) is 34.0 Å². The van der Waals surface area contributed by atoms with E-state index in [9.17, 15) is 19.5 Å². The van der Waals surface area contributed by atoms with Crippen LogP contribution in [0.3, 0.4) is 0 Å². The molecule has 0 saturated carbocycles. The number of carbonyl (C=O) groups excluding carboxylic acids is 3. The van der Waals surface area contributed by atoms with Crippen molar-refractivity contribution in [1.29, 1.82) is 0 Å². The molecule has 4 fully saturated rings. The lowest BCUT2D eigenvalue weighted by Gasteiger charge is -2.39. The summed E-state index contributed by atoms with van der Waals surface area (Å²) < 4.78 is 10.3. The van der Waals surface area contributed by atoms with Crippen molar-refractivity contribution in [2.24, 2.45) is 11.8 Å². The van der Waals surface area contributed by atoms with E-state index in [1.54, 1.807) is 38.6 Å². The number of fused-ring (bicyclic) bond motifs is 1. The number of halogens is 1. The molecule has 4 heterocycles. The summed E-state index contributed by atoms with van der Waals surface area (Å²) in [5.41, 5.74) is 0.701. The molecule has 1 N–H and O–H groups in total. The molecule has 3 unspecified atom stereocenters. The molecule has 1 aromatic carbocycles. The van der Waals surface area contributed by atoms with E-state index < -0.39 is 22.6 Å². The van der Waals surface area contributed by atoms with Crippen LogP contribution in [-0.2, 0) is 19.1 Å². The van der Waals surface area contributed by atoms with E-state index in [0.29, 0.717) is 63.7 Å². The van der Waals surface area contributed by atoms with Gasteiger partial charge in [0.15, 0.2) is 0 Å². The van der Waals surface area contributed by atoms with Crippen molar-refractivity contribution in [1.82, 2.24) is 14.7 Å². The van der Waals surface area contributed by atoms with Crippen LogP contribution in [0, 0.1) is 11.8 Å². The molecule has 10 nitrogen and oxygen atoms in total. The van der Waals surface area contributed by atoms with E-state index in [-0.39, 0.29) is 47.5 Å². The SMILES string of the molecule is C=CCN(CCN1CCOCC1)C(=O)C1N(CCCO)C(=O)[C@@H]2[C@H](C(=O)N(CC=C)c3ccc(OCC)cc3)[C@H]3SC12CC3Br. The lowest BCUT2D eigenvalue weighted by molar-refractivity contribution is -0.143. The molecule has 0 radical (unpaired) electrons. The molecule has 6 atom stereocenters. The number of hydrogen-bond acceptors (Lipinski definition) is 8. The minimum atomic E-state index is -0.764. The molecular formula is C33H45BrN4O6S. The van der Waals surface area contributed by atoms with Gasteiger partial charge in [-0.05, 0) is 44.0 Å². The van der Waals surface area contributed by atoms with Crippen molar-refractivity contribution in [2.45, 2.75) is 40.6 Å². The Balaban J connectivity index is 1.47. The van der Waals surface area contributed by atoms with Gasteiger partial charge in [0.25, 0.3) is 0 Å². The van der Waals surface area contributed by atoms with E-state index in [0.717, 1.165) is 13.1 Å². The van der Waals surface area contributed by atoms with E-state index in [1.807, 2.05) is 31.2 Å². The Morgan fingerprint density at radius 2 is 1.87 bits per heavy atom. The number of aliphatic hydroxyl groups excluding tert-OH is 1. The third-order valence-corrected chi connectivity index (χ3v) is 12.6. The molecule has 1 aromatic rings. The number of rotatable bonds is 15. The first-order chi connectivity index (χ1) is 21.8. The van der Waals surface area contributed by atoms with Crippen LogP contribution in [0.15, 0.2) is 49.6 Å². The van der Waals surface area contributed by atoms with Crippen LogP contribution in [0.1, 0.15) is 19.8 Å². The van der Waals surface area contributed by atoms with Crippen LogP contribution in [0.25, 0.3) is 0 Å². The normalized spacial score (nSPS) is 29.0. The fraction of sp³-hybridized carbons (Fsp3) is 0.606. The molecule has 1 spiro atoms. The Labute approximate surface area is 278 Å². The van der Waals surface area contributed by atoms with Gasteiger partial charge in [-0.25, -0.2) is 0 Å². The zero-order valence-corrected chi connectivity index (χ0v) is 28.4. The number of thioether (sulfide) groups is 1. The fourth-order valence-corrected chi connectivity index (χ4v) is 11.0. The first-order valence-electron chi connectivity index (χ1n) is 15.9. The topological polar surface area (TPSA) is 103 Å². The van der Waals surface area contributed by atoms with Gasteiger partial charge in [-0.15, -0.1) is 24.9 Å². The predicted octanol–water partition coefficient (Wildman–Crippen LogP) is 2.80. The zero-order chi connectivity index (χ0) is 32.1. The Hall–Kier alpha value is -2.38. The number of morpholine rings is 1. The summed E-state index contributed by atoms with van der Waals surface area (Å²) in [6.07, 6.45) is 4.37. The second-order valence-electron chi connectivity index (χ2n) is 12.0. The molecule has 4 aliphatic heterocycles. The summed E-state index contributed by atoms with van der Waals surface area (Å²) in [4.78, 5) is 51.0. The standard InChI is InChI=1S/C33H45BrN4O6S/c1-4-12-36(16-15-35-17-20-43-21-18-35)32(42)29-33-22-25(34)28(45-33)26(27(33)31(41)38(29)14-7-19-39)30(40)37(13-5-2)23-8-10-24(11-9-23)44-6-3/h4-5,8-11,25-29,39H,1-2,6-7,12-22H2,3H3/t25?,26-,27-,28-,29?,33?/m0/s1. The first kappa shape index (κ1) is 34.0. The summed E-state index contributed by atoms with van der Waals surface area (Å²) >= 11 is 5.50. The maximum absolute atomic E-state index is 14.6. The van der Waals surface area contributed by atoms with Crippen LogP contribution < -0.4 is 9.64 Å². The largest absolute Gasteiger partial charge is 0.494 e. The highest BCUT2D eigenvalue weighted by Gasteiger charge is 2.76. The summed E-state index contributed by atoms with van der Waals surface area (Å²) in [7, 11) is 0. The molecule has 2 bridgehead atoms. The Bertz CT molecular complexity index is 1250. The van der Waals surface area contributed by atoms with Gasteiger partial charge in [0, 0.05) is 68.2 Å². The molecular weight excluding hydrogens is 660 g/mol. The molecule has 0 aromatic heterocycles. The number of carbonyl (C=O) groups is 3. The van der Waals surface area contributed by atoms with Gasteiger partial charge in [-0.2, -0.15) is 0 Å². The third kappa shape index (κ3) is 6.58. The van der Waals surface area contributed by atoms with Crippen LogP contribution in [-0.4, -0.2) is 131 Å². The number of likely N-dealkylation sites (tertiary alicyclic amines) is 1. The molecule has 5 rings (SSSR count).